The number of fused-ring (bicyclic) bond motifs is 1. The molecule has 1 aliphatic heterocycles. The van der Waals surface area contributed by atoms with Crippen LogP contribution in [0.15, 0.2) is 52.9 Å². The first-order chi connectivity index (χ1) is 15.0. The van der Waals surface area contributed by atoms with Crippen LogP contribution in [0.25, 0.3) is 11.0 Å². The molecule has 0 aliphatic carbocycles. The number of rotatable bonds is 5. The van der Waals surface area contributed by atoms with Crippen LogP contribution >= 0.6 is 0 Å². The largest absolute Gasteiger partial charge is 0.492 e. The number of carbonyl (C=O) groups is 3. The zero-order chi connectivity index (χ0) is 22.0. The molecule has 0 saturated carbocycles. The molecule has 4 rings (SSSR count). The maximum atomic E-state index is 12.6. The lowest BCUT2D eigenvalue weighted by atomic mass is 10.1. The molecule has 1 fully saturated rings. The number of ether oxygens (including phenoxy) is 1. The minimum absolute atomic E-state index is 0.0474. The number of furan rings is 1. The molecule has 1 saturated heterocycles. The van der Waals surface area contributed by atoms with Crippen molar-refractivity contribution in [2.75, 3.05) is 18.1 Å². The van der Waals surface area contributed by atoms with E-state index in [1.807, 2.05) is 37.3 Å². The molecule has 1 atom stereocenters. The number of amides is 3. The Hall–Kier alpha value is -3.81. The first-order valence-electron chi connectivity index (χ1n) is 10.1. The zero-order valence-corrected chi connectivity index (χ0v) is 17.3. The first-order valence-corrected chi connectivity index (χ1v) is 10.1. The second-order valence-electron chi connectivity index (χ2n) is 7.30. The maximum absolute atomic E-state index is 12.6. The third kappa shape index (κ3) is 3.96. The number of para-hydroxylation sites is 3. The fourth-order valence-corrected chi connectivity index (χ4v) is 3.74. The molecule has 8 heteroatoms. The van der Waals surface area contributed by atoms with Gasteiger partial charge in [-0.2, -0.15) is 0 Å². The first kappa shape index (κ1) is 20.5. The highest BCUT2D eigenvalue weighted by Gasteiger charge is 2.36. The number of hydrogen-bond donors (Lipinski definition) is 2. The van der Waals surface area contributed by atoms with E-state index < -0.39 is 17.7 Å². The predicted octanol–water partition coefficient (Wildman–Crippen LogP) is 2.95. The number of hydrogen-bond acceptors (Lipinski definition) is 5. The Morgan fingerprint density at radius 3 is 2.65 bits per heavy atom. The fraction of sp³-hybridized carbons (Fsp3) is 0.261. The van der Waals surface area contributed by atoms with Gasteiger partial charge < -0.3 is 14.1 Å². The van der Waals surface area contributed by atoms with Crippen molar-refractivity contribution < 1.29 is 23.5 Å². The van der Waals surface area contributed by atoms with Gasteiger partial charge in [0.05, 0.1) is 18.2 Å². The van der Waals surface area contributed by atoms with E-state index in [9.17, 15) is 14.4 Å². The summed E-state index contributed by atoms with van der Waals surface area (Å²) in [5.74, 6) is -1.04. The Balaban J connectivity index is 1.41. The lowest BCUT2D eigenvalue weighted by Crippen LogP contribution is -2.45. The van der Waals surface area contributed by atoms with Crippen LogP contribution < -0.4 is 20.5 Å². The van der Waals surface area contributed by atoms with E-state index in [1.54, 1.807) is 30.0 Å². The Kier molecular flexibility index (Phi) is 5.62. The summed E-state index contributed by atoms with van der Waals surface area (Å²) in [6.07, 6.45) is 0.0474. The maximum Gasteiger partial charge on any atom is 0.305 e. The summed E-state index contributed by atoms with van der Waals surface area (Å²) in [6.45, 7) is 4.32. The molecule has 8 nitrogen and oxygen atoms in total. The van der Waals surface area contributed by atoms with Gasteiger partial charge in [-0.3, -0.25) is 25.2 Å². The lowest BCUT2D eigenvalue weighted by molar-refractivity contribution is -0.126. The number of nitrogens with one attached hydrogen (secondary N) is 2. The summed E-state index contributed by atoms with van der Waals surface area (Å²) in [4.78, 5) is 39.2. The molecule has 0 spiro atoms. The molecule has 0 bridgehead atoms. The summed E-state index contributed by atoms with van der Waals surface area (Å²) in [6, 6.07) is 14.5. The Bertz CT molecular complexity index is 1150. The molecule has 3 amide bonds. The van der Waals surface area contributed by atoms with Crippen LogP contribution in [0.5, 0.6) is 5.75 Å². The predicted molar refractivity (Wildman–Crippen MR) is 115 cm³/mol. The number of hydrazine groups is 1. The van der Waals surface area contributed by atoms with Gasteiger partial charge in [-0.05, 0) is 32.0 Å². The molecule has 31 heavy (non-hydrogen) atoms. The normalized spacial score (nSPS) is 15.9. The van der Waals surface area contributed by atoms with Gasteiger partial charge in [0.15, 0.2) is 5.76 Å². The van der Waals surface area contributed by atoms with E-state index in [4.69, 9.17) is 9.15 Å². The molecular weight excluding hydrogens is 398 g/mol. The van der Waals surface area contributed by atoms with E-state index in [2.05, 4.69) is 10.9 Å². The van der Waals surface area contributed by atoms with Crippen molar-refractivity contribution in [3.8, 4) is 5.75 Å². The van der Waals surface area contributed by atoms with Crippen LogP contribution in [0, 0.1) is 12.8 Å². The Morgan fingerprint density at radius 2 is 1.87 bits per heavy atom. The standard InChI is InChI=1S/C23H23N3O5/c1-3-30-19-11-7-5-9-17(19)26-13-15(12-20(26)27)22(28)24-25-23(29)21-14(2)16-8-4-6-10-18(16)31-21/h4-11,15H,3,12-13H2,1-2H3,(H,24,28)(H,25,29). The summed E-state index contributed by atoms with van der Waals surface area (Å²) in [5.41, 5.74) is 6.73. The van der Waals surface area contributed by atoms with E-state index in [0.717, 1.165) is 5.39 Å². The van der Waals surface area contributed by atoms with Crippen molar-refractivity contribution in [2.24, 2.45) is 5.92 Å². The van der Waals surface area contributed by atoms with Gasteiger partial charge in [0, 0.05) is 23.9 Å². The van der Waals surface area contributed by atoms with Crippen LogP contribution in [0.3, 0.4) is 0 Å². The van der Waals surface area contributed by atoms with Crippen LogP contribution in [-0.4, -0.2) is 30.9 Å². The molecular formula is C23H23N3O5. The van der Waals surface area contributed by atoms with Crippen molar-refractivity contribution in [3.63, 3.8) is 0 Å². The van der Waals surface area contributed by atoms with Gasteiger partial charge in [-0.1, -0.05) is 30.3 Å². The molecule has 1 aromatic heterocycles. The highest BCUT2D eigenvalue weighted by Crippen LogP contribution is 2.33. The molecule has 2 aromatic carbocycles. The van der Waals surface area contributed by atoms with E-state index >= 15 is 0 Å². The topological polar surface area (TPSA) is 101 Å². The highest BCUT2D eigenvalue weighted by molar-refractivity contribution is 6.02. The van der Waals surface area contributed by atoms with E-state index in [0.29, 0.717) is 29.2 Å². The molecule has 3 aromatic rings. The van der Waals surface area contributed by atoms with Crippen LogP contribution in [0.1, 0.15) is 29.5 Å². The summed E-state index contributed by atoms with van der Waals surface area (Å²) in [7, 11) is 0. The molecule has 160 valence electrons. The Labute approximate surface area is 179 Å². The molecule has 2 N–H and O–H groups in total. The SMILES string of the molecule is CCOc1ccccc1N1CC(C(=O)NNC(=O)c2oc3ccccc3c2C)CC1=O. The number of aryl methyl sites for hydroxylation is 1. The summed E-state index contributed by atoms with van der Waals surface area (Å²) >= 11 is 0. The second-order valence-corrected chi connectivity index (χ2v) is 7.30. The van der Waals surface area contributed by atoms with Gasteiger partial charge in [0.25, 0.3) is 0 Å². The van der Waals surface area contributed by atoms with Crippen molar-refractivity contribution >= 4 is 34.4 Å². The lowest BCUT2D eigenvalue weighted by Gasteiger charge is -2.20. The van der Waals surface area contributed by atoms with Gasteiger partial charge in [0.2, 0.25) is 11.8 Å². The quantitative estimate of drug-likeness (QED) is 0.617. The van der Waals surface area contributed by atoms with E-state index in [1.165, 1.54) is 0 Å². The molecule has 1 unspecified atom stereocenters. The van der Waals surface area contributed by atoms with Crippen molar-refractivity contribution in [3.05, 3.63) is 59.9 Å². The van der Waals surface area contributed by atoms with Crippen molar-refractivity contribution in [1.82, 2.24) is 10.9 Å². The monoisotopic (exact) mass is 421 g/mol. The number of anilines is 1. The van der Waals surface area contributed by atoms with Gasteiger partial charge in [0.1, 0.15) is 11.3 Å². The van der Waals surface area contributed by atoms with Crippen molar-refractivity contribution in [1.29, 1.82) is 0 Å². The molecule has 1 aliphatic rings. The third-order valence-electron chi connectivity index (χ3n) is 5.30. The van der Waals surface area contributed by atoms with Gasteiger partial charge in [-0.15, -0.1) is 0 Å². The fourth-order valence-electron chi connectivity index (χ4n) is 3.74. The zero-order valence-electron chi connectivity index (χ0n) is 17.3. The van der Waals surface area contributed by atoms with E-state index in [-0.39, 0.29) is 24.6 Å². The number of nitrogens with zero attached hydrogens (tertiary/aromatic N) is 1. The molecule has 0 radical (unpaired) electrons. The average molecular weight is 421 g/mol. The smallest absolute Gasteiger partial charge is 0.305 e. The molecule has 2 heterocycles. The van der Waals surface area contributed by atoms with Crippen LogP contribution in [0.4, 0.5) is 5.69 Å². The van der Waals surface area contributed by atoms with Crippen molar-refractivity contribution in [2.45, 2.75) is 20.3 Å². The summed E-state index contributed by atoms with van der Waals surface area (Å²) < 4.78 is 11.2. The summed E-state index contributed by atoms with van der Waals surface area (Å²) in [5, 5.41) is 0.837. The van der Waals surface area contributed by atoms with Crippen LogP contribution in [0.2, 0.25) is 0 Å². The minimum Gasteiger partial charge on any atom is -0.492 e. The second kappa shape index (κ2) is 8.51. The highest BCUT2D eigenvalue weighted by atomic mass is 16.5. The Morgan fingerprint density at radius 1 is 1.13 bits per heavy atom. The van der Waals surface area contributed by atoms with Gasteiger partial charge in [-0.25, -0.2) is 0 Å². The number of carbonyl (C=O) groups excluding carboxylic acids is 3. The number of benzene rings is 2. The van der Waals surface area contributed by atoms with Gasteiger partial charge >= 0.3 is 5.91 Å². The average Bonchev–Trinajstić information content (AvgIpc) is 3.33. The van der Waals surface area contributed by atoms with Crippen LogP contribution in [-0.2, 0) is 9.59 Å². The minimum atomic E-state index is -0.598. The third-order valence-corrected chi connectivity index (χ3v) is 5.30.